The fourth-order valence-corrected chi connectivity index (χ4v) is 2.33. The molecule has 15 heavy (non-hydrogen) atoms. The van der Waals surface area contributed by atoms with Crippen molar-refractivity contribution in [3.05, 3.63) is 9.66 Å². The predicted molar refractivity (Wildman–Crippen MR) is 65.7 cm³/mol. The van der Waals surface area contributed by atoms with E-state index in [1.54, 1.807) is 0 Å². The Hall–Kier alpha value is -0.390. The summed E-state index contributed by atoms with van der Waals surface area (Å²) in [4.78, 5) is 22.3. The van der Waals surface area contributed by atoms with Crippen LogP contribution in [0.5, 0.6) is 0 Å². The van der Waals surface area contributed by atoms with Crippen LogP contribution in [0.4, 0.5) is 0 Å². The lowest BCUT2D eigenvalue weighted by Crippen LogP contribution is -2.05. The number of esters is 1. The van der Waals surface area contributed by atoms with E-state index in [-0.39, 0.29) is 11.9 Å². The third kappa shape index (κ3) is 4.32. The van der Waals surface area contributed by atoms with Gasteiger partial charge in [0, 0.05) is 18.4 Å². The molecule has 1 aliphatic carbocycles. The van der Waals surface area contributed by atoms with Crippen molar-refractivity contribution in [2.45, 2.75) is 32.1 Å². The molecule has 1 fully saturated rings. The van der Waals surface area contributed by atoms with E-state index in [2.05, 4.69) is 27.3 Å². The van der Waals surface area contributed by atoms with E-state index in [9.17, 15) is 9.59 Å². The molecule has 0 aromatic heterocycles. The van der Waals surface area contributed by atoms with E-state index < -0.39 is 0 Å². The van der Waals surface area contributed by atoms with E-state index >= 15 is 0 Å². The highest BCUT2D eigenvalue weighted by atomic mass is 127. The van der Waals surface area contributed by atoms with Crippen molar-refractivity contribution in [3.63, 3.8) is 0 Å². The summed E-state index contributed by atoms with van der Waals surface area (Å²) < 4.78 is 5.48. The van der Waals surface area contributed by atoms with Crippen molar-refractivity contribution in [3.8, 4) is 0 Å². The highest BCUT2D eigenvalue weighted by Crippen LogP contribution is 2.28. The number of ether oxygens (including phenoxy) is 1. The lowest BCUT2D eigenvalue weighted by atomic mass is 10.0. The molecule has 0 aromatic carbocycles. The summed E-state index contributed by atoms with van der Waals surface area (Å²) in [7, 11) is 1.36. The predicted octanol–water partition coefficient (Wildman–Crippen LogP) is 2.63. The number of Topliss-reactive ketones (excluding diaryl/α,β-unsaturated/α-hetero) is 1. The van der Waals surface area contributed by atoms with Gasteiger partial charge in [0.1, 0.15) is 5.78 Å². The average molecular weight is 322 g/mol. The minimum atomic E-state index is -0.322. The van der Waals surface area contributed by atoms with E-state index in [1.165, 1.54) is 13.2 Å². The summed E-state index contributed by atoms with van der Waals surface area (Å²) in [6, 6.07) is 0. The Labute approximate surface area is 103 Å². The molecule has 1 unspecified atom stereocenters. The maximum Gasteiger partial charge on any atom is 0.331 e. The van der Waals surface area contributed by atoms with Gasteiger partial charge >= 0.3 is 5.97 Å². The molecule has 0 amide bonds. The molecule has 1 rings (SSSR count). The largest absolute Gasteiger partial charge is 0.466 e. The fourth-order valence-electron chi connectivity index (χ4n) is 1.76. The Kier molecular flexibility index (Phi) is 5.28. The van der Waals surface area contributed by atoms with Gasteiger partial charge < -0.3 is 4.74 Å². The molecule has 0 saturated heterocycles. The van der Waals surface area contributed by atoms with Gasteiger partial charge in [-0.05, 0) is 51.9 Å². The summed E-state index contributed by atoms with van der Waals surface area (Å²) in [6.07, 6.45) is 5.93. The highest BCUT2D eigenvalue weighted by molar-refractivity contribution is 14.1. The smallest absolute Gasteiger partial charge is 0.331 e. The van der Waals surface area contributed by atoms with Crippen LogP contribution < -0.4 is 0 Å². The second-order valence-electron chi connectivity index (χ2n) is 3.71. The summed E-state index contributed by atoms with van der Waals surface area (Å²) in [5.41, 5.74) is 0. The Morgan fingerprint density at radius 1 is 1.67 bits per heavy atom. The Morgan fingerprint density at radius 2 is 2.40 bits per heavy atom. The number of hydrogen-bond donors (Lipinski definition) is 0. The van der Waals surface area contributed by atoms with Crippen molar-refractivity contribution < 1.29 is 14.3 Å². The molecule has 0 aliphatic heterocycles. The summed E-state index contributed by atoms with van der Waals surface area (Å²) in [5.74, 6) is 0.287. The van der Waals surface area contributed by atoms with Crippen LogP contribution in [0.1, 0.15) is 32.1 Å². The van der Waals surface area contributed by atoms with Crippen LogP contribution in [-0.2, 0) is 14.3 Å². The SMILES string of the molecule is COC(=O)/C=C(\I)CCC1CCCC1=O. The molecule has 4 heteroatoms. The third-order valence-corrected chi connectivity index (χ3v) is 3.49. The molecule has 1 atom stereocenters. The zero-order chi connectivity index (χ0) is 11.3. The molecule has 0 aromatic rings. The van der Waals surface area contributed by atoms with Gasteiger partial charge in [-0.3, -0.25) is 4.79 Å². The van der Waals surface area contributed by atoms with Gasteiger partial charge in [-0.15, -0.1) is 0 Å². The lowest BCUT2D eigenvalue weighted by molar-refractivity contribution is -0.134. The highest BCUT2D eigenvalue weighted by Gasteiger charge is 2.23. The van der Waals surface area contributed by atoms with E-state index in [4.69, 9.17) is 0 Å². The van der Waals surface area contributed by atoms with Crippen molar-refractivity contribution in [1.82, 2.24) is 0 Å². The molecule has 84 valence electrons. The second-order valence-corrected chi connectivity index (χ2v) is 5.09. The number of ketones is 1. The number of rotatable bonds is 4. The van der Waals surface area contributed by atoms with Gasteiger partial charge in [-0.2, -0.15) is 0 Å². The fraction of sp³-hybridized carbons (Fsp3) is 0.636. The van der Waals surface area contributed by atoms with Gasteiger partial charge in [0.25, 0.3) is 0 Å². The van der Waals surface area contributed by atoms with Crippen LogP contribution in [-0.4, -0.2) is 18.9 Å². The zero-order valence-electron chi connectivity index (χ0n) is 8.79. The first kappa shape index (κ1) is 12.7. The molecule has 1 saturated carbocycles. The molecule has 0 N–H and O–H groups in total. The Balaban J connectivity index is 2.33. The van der Waals surface area contributed by atoms with Crippen LogP contribution in [0.15, 0.2) is 9.66 Å². The van der Waals surface area contributed by atoms with Gasteiger partial charge in [-0.25, -0.2) is 4.79 Å². The minimum Gasteiger partial charge on any atom is -0.466 e. The van der Waals surface area contributed by atoms with Gasteiger partial charge in [0.15, 0.2) is 0 Å². The second kappa shape index (κ2) is 6.25. The maximum absolute atomic E-state index is 11.4. The third-order valence-electron chi connectivity index (χ3n) is 2.64. The zero-order valence-corrected chi connectivity index (χ0v) is 11.0. The first-order chi connectivity index (χ1) is 7.13. The number of methoxy groups -OCH3 is 1. The van der Waals surface area contributed by atoms with E-state index in [0.29, 0.717) is 5.78 Å². The standard InChI is InChI=1S/C11H15IO3/c1-15-11(14)7-9(12)6-5-8-3-2-4-10(8)13/h7-8H,2-6H2,1H3/b9-7-. The number of allylic oxidation sites excluding steroid dienone is 1. The monoisotopic (exact) mass is 322 g/mol. The quantitative estimate of drug-likeness (QED) is 0.454. The number of hydrogen-bond acceptors (Lipinski definition) is 3. The molecular weight excluding hydrogens is 307 g/mol. The molecular formula is C11H15IO3. The molecule has 0 radical (unpaired) electrons. The Morgan fingerprint density at radius 3 is 2.93 bits per heavy atom. The van der Waals surface area contributed by atoms with Gasteiger partial charge in [0.2, 0.25) is 0 Å². The molecule has 0 bridgehead atoms. The molecule has 0 spiro atoms. The lowest BCUT2D eigenvalue weighted by Gasteiger charge is -2.06. The maximum atomic E-state index is 11.4. The van der Waals surface area contributed by atoms with Crippen LogP contribution in [0.2, 0.25) is 0 Å². The first-order valence-electron chi connectivity index (χ1n) is 5.10. The number of carbonyl (C=O) groups is 2. The minimum absolute atomic E-state index is 0.223. The van der Waals surface area contributed by atoms with Gasteiger partial charge in [0.05, 0.1) is 7.11 Å². The molecule has 1 aliphatic rings. The van der Waals surface area contributed by atoms with Crippen LogP contribution in [0, 0.1) is 5.92 Å². The number of halogens is 1. The van der Waals surface area contributed by atoms with E-state index in [1.807, 2.05) is 0 Å². The first-order valence-corrected chi connectivity index (χ1v) is 6.18. The van der Waals surface area contributed by atoms with Crippen molar-refractivity contribution in [1.29, 1.82) is 0 Å². The van der Waals surface area contributed by atoms with Crippen molar-refractivity contribution in [2.75, 3.05) is 7.11 Å². The van der Waals surface area contributed by atoms with Crippen molar-refractivity contribution >= 4 is 34.3 Å². The average Bonchev–Trinajstić information content (AvgIpc) is 2.61. The van der Waals surface area contributed by atoms with Crippen LogP contribution in [0.3, 0.4) is 0 Å². The van der Waals surface area contributed by atoms with Crippen LogP contribution >= 0.6 is 22.6 Å². The number of carbonyl (C=O) groups excluding carboxylic acids is 2. The van der Waals surface area contributed by atoms with E-state index in [0.717, 1.165) is 35.7 Å². The van der Waals surface area contributed by atoms with Crippen LogP contribution in [0.25, 0.3) is 0 Å². The Bertz CT molecular complexity index is 284. The summed E-state index contributed by atoms with van der Waals surface area (Å²) in [5, 5.41) is 0. The normalized spacial score (nSPS) is 21.9. The summed E-state index contributed by atoms with van der Waals surface area (Å²) in [6.45, 7) is 0. The van der Waals surface area contributed by atoms with Crippen molar-refractivity contribution in [2.24, 2.45) is 5.92 Å². The molecule has 3 nitrogen and oxygen atoms in total. The summed E-state index contributed by atoms with van der Waals surface area (Å²) >= 11 is 2.12. The molecule has 0 heterocycles. The van der Waals surface area contributed by atoms with Gasteiger partial charge in [-0.1, -0.05) is 0 Å². The topological polar surface area (TPSA) is 43.4 Å².